The fourth-order valence-corrected chi connectivity index (χ4v) is 3.46. The molecule has 3 heterocycles. The normalized spacial score (nSPS) is 18.9. The van der Waals surface area contributed by atoms with Crippen molar-refractivity contribution < 1.29 is 14.7 Å². The van der Waals surface area contributed by atoms with Crippen LogP contribution in [0, 0.1) is 0 Å². The predicted molar refractivity (Wildman–Crippen MR) is 79.5 cm³/mol. The van der Waals surface area contributed by atoms with E-state index in [4.69, 9.17) is 16.7 Å². The molecule has 0 unspecified atom stereocenters. The molecule has 0 saturated carbocycles. The summed E-state index contributed by atoms with van der Waals surface area (Å²) in [4.78, 5) is 29.5. The number of amides is 1. The van der Waals surface area contributed by atoms with Gasteiger partial charge < -0.3 is 10.0 Å². The van der Waals surface area contributed by atoms with Crippen LogP contribution in [0.15, 0.2) is 17.7 Å². The summed E-state index contributed by atoms with van der Waals surface area (Å²) in [6.07, 6.45) is 5.96. The van der Waals surface area contributed by atoms with E-state index in [0.29, 0.717) is 30.2 Å². The third-order valence-corrected chi connectivity index (χ3v) is 4.49. The molecule has 1 amide bonds. The number of hydrogen-bond donors (Lipinski definition) is 1. The molecule has 3 rings (SSSR count). The lowest BCUT2D eigenvalue weighted by Crippen LogP contribution is -2.39. The number of halogens is 1. The Bertz CT molecular complexity index is 736. The molecular formula is C13H12ClN3O3S. The number of rotatable bonds is 3. The first-order chi connectivity index (χ1) is 10.1. The zero-order chi connectivity index (χ0) is 15.0. The third-order valence-electron chi connectivity index (χ3n) is 3.46. The van der Waals surface area contributed by atoms with Crippen molar-refractivity contribution in [3.63, 3.8) is 0 Å². The van der Waals surface area contributed by atoms with E-state index in [0.717, 1.165) is 4.96 Å². The molecule has 21 heavy (non-hydrogen) atoms. The molecule has 0 spiro atoms. The van der Waals surface area contributed by atoms with E-state index in [1.54, 1.807) is 10.5 Å². The molecule has 2 aromatic heterocycles. The van der Waals surface area contributed by atoms with Gasteiger partial charge in [0.1, 0.15) is 6.04 Å². The Kier molecular flexibility index (Phi) is 3.69. The van der Waals surface area contributed by atoms with Gasteiger partial charge in [0.25, 0.3) is 0 Å². The largest absolute Gasteiger partial charge is 0.480 e. The van der Waals surface area contributed by atoms with Crippen LogP contribution >= 0.6 is 22.9 Å². The lowest BCUT2D eigenvalue weighted by atomic mass is 10.2. The Labute approximate surface area is 129 Å². The van der Waals surface area contributed by atoms with E-state index in [2.05, 4.69) is 4.98 Å². The molecule has 0 aromatic carbocycles. The van der Waals surface area contributed by atoms with Gasteiger partial charge in [-0.25, -0.2) is 9.78 Å². The summed E-state index contributed by atoms with van der Waals surface area (Å²) in [7, 11) is 0. The molecule has 0 radical (unpaired) electrons. The Morgan fingerprint density at radius 3 is 3.10 bits per heavy atom. The summed E-state index contributed by atoms with van der Waals surface area (Å²) in [5.74, 6) is -1.28. The monoisotopic (exact) mass is 325 g/mol. The highest BCUT2D eigenvalue weighted by molar-refractivity contribution is 7.15. The minimum Gasteiger partial charge on any atom is -0.480 e. The van der Waals surface area contributed by atoms with Gasteiger partial charge in [0.15, 0.2) is 10.1 Å². The number of likely N-dealkylation sites (tertiary alicyclic amines) is 1. The molecule has 2 aromatic rings. The number of fused-ring (bicyclic) bond motifs is 1. The number of hydrogen-bond acceptors (Lipinski definition) is 4. The van der Waals surface area contributed by atoms with Crippen molar-refractivity contribution in [3.8, 4) is 0 Å². The van der Waals surface area contributed by atoms with E-state index < -0.39 is 12.0 Å². The lowest BCUT2D eigenvalue weighted by molar-refractivity contribution is -0.146. The van der Waals surface area contributed by atoms with E-state index >= 15 is 0 Å². The van der Waals surface area contributed by atoms with Gasteiger partial charge in [-0.1, -0.05) is 11.6 Å². The first kappa shape index (κ1) is 14.1. The first-order valence-corrected chi connectivity index (χ1v) is 7.66. The first-order valence-electron chi connectivity index (χ1n) is 6.40. The Hall–Kier alpha value is -1.86. The van der Waals surface area contributed by atoms with Crippen LogP contribution in [-0.2, 0) is 9.59 Å². The molecule has 0 bridgehead atoms. The van der Waals surface area contributed by atoms with Crippen LogP contribution in [0.5, 0.6) is 0 Å². The topological polar surface area (TPSA) is 74.9 Å². The smallest absolute Gasteiger partial charge is 0.326 e. The molecule has 0 aliphatic carbocycles. The van der Waals surface area contributed by atoms with Gasteiger partial charge in [0.05, 0.1) is 5.69 Å². The number of nitrogens with zero attached hydrogens (tertiary/aromatic N) is 3. The maximum atomic E-state index is 12.1. The van der Waals surface area contributed by atoms with Gasteiger partial charge in [-0.15, -0.1) is 11.3 Å². The molecule has 6 nitrogen and oxygen atoms in total. The van der Waals surface area contributed by atoms with Crippen LogP contribution in [-0.4, -0.2) is 43.9 Å². The highest BCUT2D eigenvalue weighted by Gasteiger charge is 2.32. The standard InChI is InChI=1S/C13H12ClN3O3S/c14-11-8(17-6-7-21-13(17)15-11)3-4-10(18)16-5-1-2-9(16)12(19)20/h3-4,6-7,9H,1-2,5H2,(H,19,20)/b4-3+/t9-/m1/s1. The number of carboxylic acid groups (broad SMARTS) is 1. The highest BCUT2D eigenvalue weighted by atomic mass is 35.5. The fourth-order valence-electron chi connectivity index (χ4n) is 2.46. The average molecular weight is 326 g/mol. The maximum absolute atomic E-state index is 12.1. The van der Waals surface area contributed by atoms with Gasteiger partial charge in [-0.3, -0.25) is 9.20 Å². The summed E-state index contributed by atoms with van der Waals surface area (Å²) >= 11 is 7.48. The predicted octanol–water partition coefficient (Wildman–Crippen LogP) is 2.14. The molecular weight excluding hydrogens is 314 g/mol. The van der Waals surface area contributed by atoms with Crippen LogP contribution in [0.2, 0.25) is 5.15 Å². The van der Waals surface area contributed by atoms with Crippen molar-refractivity contribution in [3.05, 3.63) is 28.5 Å². The number of carbonyl (C=O) groups is 2. The highest BCUT2D eigenvalue weighted by Crippen LogP contribution is 2.23. The van der Waals surface area contributed by atoms with E-state index in [1.165, 1.54) is 22.3 Å². The van der Waals surface area contributed by atoms with Crippen molar-refractivity contribution in [1.82, 2.24) is 14.3 Å². The molecule has 1 N–H and O–H groups in total. The van der Waals surface area contributed by atoms with Crippen LogP contribution < -0.4 is 0 Å². The molecule has 1 fully saturated rings. The molecule has 8 heteroatoms. The van der Waals surface area contributed by atoms with Gasteiger partial charge in [0, 0.05) is 24.2 Å². The van der Waals surface area contributed by atoms with Crippen molar-refractivity contribution in [1.29, 1.82) is 0 Å². The van der Waals surface area contributed by atoms with Crippen LogP contribution in [0.1, 0.15) is 18.5 Å². The molecule has 1 atom stereocenters. The third kappa shape index (κ3) is 2.54. The second kappa shape index (κ2) is 5.50. The van der Waals surface area contributed by atoms with Crippen LogP contribution in [0.4, 0.5) is 0 Å². The summed E-state index contributed by atoms with van der Waals surface area (Å²) in [6.45, 7) is 0.466. The zero-order valence-electron chi connectivity index (χ0n) is 10.9. The number of thiazole rings is 1. The van der Waals surface area contributed by atoms with Crippen LogP contribution in [0.25, 0.3) is 11.0 Å². The summed E-state index contributed by atoms with van der Waals surface area (Å²) in [6, 6.07) is -0.732. The quantitative estimate of drug-likeness (QED) is 0.877. The maximum Gasteiger partial charge on any atom is 0.326 e. The minimum absolute atomic E-state index is 0.318. The summed E-state index contributed by atoms with van der Waals surface area (Å²) in [5, 5.41) is 11.3. The Balaban J connectivity index is 1.82. The Morgan fingerprint density at radius 2 is 2.33 bits per heavy atom. The molecule has 1 aliphatic heterocycles. The van der Waals surface area contributed by atoms with Crippen molar-refractivity contribution in [2.75, 3.05) is 6.54 Å². The van der Waals surface area contributed by atoms with E-state index in [-0.39, 0.29) is 5.91 Å². The minimum atomic E-state index is -0.961. The second-order valence-electron chi connectivity index (χ2n) is 4.70. The van der Waals surface area contributed by atoms with Gasteiger partial charge in [-0.2, -0.15) is 0 Å². The molecule has 1 saturated heterocycles. The van der Waals surface area contributed by atoms with Crippen LogP contribution in [0.3, 0.4) is 0 Å². The average Bonchev–Trinajstić information content (AvgIpc) is 3.11. The Morgan fingerprint density at radius 1 is 1.52 bits per heavy atom. The fraction of sp³-hybridized carbons (Fsp3) is 0.308. The number of carboxylic acids is 1. The number of imidazole rings is 1. The summed E-state index contributed by atoms with van der Waals surface area (Å²) in [5.41, 5.74) is 0.618. The van der Waals surface area contributed by atoms with Crippen molar-refractivity contribution in [2.45, 2.75) is 18.9 Å². The zero-order valence-corrected chi connectivity index (χ0v) is 12.5. The van der Waals surface area contributed by atoms with E-state index in [1.807, 2.05) is 11.6 Å². The molecule has 1 aliphatic rings. The van der Waals surface area contributed by atoms with Gasteiger partial charge in [-0.05, 0) is 18.9 Å². The van der Waals surface area contributed by atoms with Crippen molar-refractivity contribution >= 4 is 45.9 Å². The molecule has 110 valence electrons. The van der Waals surface area contributed by atoms with E-state index in [9.17, 15) is 9.59 Å². The number of aromatic nitrogens is 2. The number of carbonyl (C=O) groups excluding carboxylic acids is 1. The SMILES string of the molecule is O=C(O)[C@H]1CCCN1C(=O)/C=C/c1c(Cl)nc2sccn12. The van der Waals surface area contributed by atoms with Crippen molar-refractivity contribution in [2.24, 2.45) is 0 Å². The number of aliphatic carboxylic acids is 1. The lowest BCUT2D eigenvalue weighted by Gasteiger charge is -2.19. The van der Waals surface area contributed by atoms with Gasteiger partial charge in [0.2, 0.25) is 5.91 Å². The van der Waals surface area contributed by atoms with Gasteiger partial charge >= 0.3 is 5.97 Å². The summed E-state index contributed by atoms with van der Waals surface area (Å²) < 4.78 is 1.79. The second-order valence-corrected chi connectivity index (χ2v) is 5.94.